The van der Waals surface area contributed by atoms with Crippen molar-refractivity contribution in [1.82, 2.24) is 4.98 Å². The zero-order valence-electron chi connectivity index (χ0n) is 12.3. The molecule has 0 saturated heterocycles. The van der Waals surface area contributed by atoms with Crippen molar-refractivity contribution in [3.05, 3.63) is 35.9 Å². The third kappa shape index (κ3) is 1.82. The van der Waals surface area contributed by atoms with E-state index in [4.69, 9.17) is 9.47 Å². The Hall–Kier alpha value is -2.16. The van der Waals surface area contributed by atoms with Crippen molar-refractivity contribution in [1.29, 1.82) is 0 Å². The Kier molecular flexibility index (Phi) is 3.05. The molecule has 0 aliphatic heterocycles. The van der Waals surface area contributed by atoms with Gasteiger partial charge >= 0.3 is 0 Å². The highest BCUT2D eigenvalue weighted by atomic mass is 16.5. The number of ether oxygens (including phenoxy) is 2. The van der Waals surface area contributed by atoms with E-state index < -0.39 is 0 Å². The Balaban J connectivity index is 2.36. The first-order chi connectivity index (χ1) is 9.65. The summed E-state index contributed by atoms with van der Waals surface area (Å²) in [6.07, 6.45) is 0. The molecule has 0 spiro atoms. The van der Waals surface area contributed by atoms with Crippen molar-refractivity contribution in [3.8, 4) is 11.5 Å². The molecule has 3 aromatic rings. The third-order valence-corrected chi connectivity index (χ3v) is 3.81. The van der Waals surface area contributed by atoms with Gasteiger partial charge in [0.2, 0.25) is 0 Å². The van der Waals surface area contributed by atoms with Crippen LogP contribution in [0.1, 0.15) is 25.3 Å². The Morgan fingerprint density at radius 3 is 2.40 bits per heavy atom. The summed E-state index contributed by atoms with van der Waals surface area (Å²) in [5, 5.41) is 2.40. The highest BCUT2D eigenvalue weighted by Gasteiger charge is 2.14. The molecule has 3 rings (SSSR count). The summed E-state index contributed by atoms with van der Waals surface area (Å²) >= 11 is 0. The highest BCUT2D eigenvalue weighted by molar-refractivity contribution is 6.10. The second-order valence-corrected chi connectivity index (χ2v) is 5.31. The summed E-state index contributed by atoms with van der Waals surface area (Å²) < 4.78 is 10.9. The van der Waals surface area contributed by atoms with E-state index in [1.54, 1.807) is 14.2 Å². The van der Waals surface area contributed by atoms with Crippen LogP contribution in [0, 0.1) is 0 Å². The summed E-state index contributed by atoms with van der Waals surface area (Å²) in [6, 6.07) is 10.6. The highest BCUT2D eigenvalue weighted by Crippen LogP contribution is 2.38. The van der Waals surface area contributed by atoms with Gasteiger partial charge in [-0.3, -0.25) is 0 Å². The lowest BCUT2D eigenvalue weighted by Crippen LogP contribution is -1.90. The molecule has 3 heteroatoms. The summed E-state index contributed by atoms with van der Waals surface area (Å²) in [6.45, 7) is 4.42. The Bertz CT molecular complexity index is 771. The van der Waals surface area contributed by atoms with Gasteiger partial charge in [-0.1, -0.05) is 19.9 Å². The predicted octanol–water partition coefficient (Wildman–Crippen LogP) is 4.46. The fourth-order valence-corrected chi connectivity index (χ4v) is 2.66. The first kappa shape index (κ1) is 12.9. The van der Waals surface area contributed by atoms with E-state index in [1.165, 1.54) is 16.3 Å². The molecule has 0 saturated carbocycles. The van der Waals surface area contributed by atoms with Gasteiger partial charge in [0.05, 0.1) is 19.7 Å². The number of fused-ring (bicyclic) bond motifs is 3. The maximum atomic E-state index is 5.50. The van der Waals surface area contributed by atoms with Gasteiger partial charge in [0.25, 0.3) is 0 Å². The smallest absolute Gasteiger partial charge is 0.184 e. The molecule has 0 fully saturated rings. The van der Waals surface area contributed by atoms with Crippen LogP contribution in [0.3, 0.4) is 0 Å². The number of H-pyrrole nitrogens is 1. The predicted molar refractivity (Wildman–Crippen MR) is 83.0 cm³/mol. The van der Waals surface area contributed by atoms with Crippen LogP contribution in [-0.2, 0) is 0 Å². The lowest BCUT2D eigenvalue weighted by atomic mass is 10.0. The number of nitrogens with one attached hydrogen (secondary N) is 1. The van der Waals surface area contributed by atoms with E-state index in [0.29, 0.717) is 5.92 Å². The molecule has 104 valence electrons. The third-order valence-electron chi connectivity index (χ3n) is 3.81. The van der Waals surface area contributed by atoms with Gasteiger partial charge in [0.15, 0.2) is 11.5 Å². The molecular formula is C17H19NO2. The molecular weight excluding hydrogens is 250 g/mol. The lowest BCUT2D eigenvalue weighted by molar-refractivity contribution is 0.358. The van der Waals surface area contributed by atoms with Gasteiger partial charge in [-0.15, -0.1) is 0 Å². The summed E-state index contributed by atoms with van der Waals surface area (Å²) in [5.74, 6) is 2.02. The zero-order chi connectivity index (χ0) is 14.3. The van der Waals surface area contributed by atoms with Gasteiger partial charge in [-0.25, -0.2) is 0 Å². The van der Waals surface area contributed by atoms with Crippen molar-refractivity contribution in [2.45, 2.75) is 19.8 Å². The van der Waals surface area contributed by atoms with Crippen LogP contribution >= 0.6 is 0 Å². The normalized spacial score (nSPS) is 11.4. The van der Waals surface area contributed by atoms with E-state index in [9.17, 15) is 0 Å². The van der Waals surface area contributed by atoms with Gasteiger partial charge in [0.1, 0.15) is 0 Å². The van der Waals surface area contributed by atoms with E-state index in [2.05, 4.69) is 43.1 Å². The molecule has 0 amide bonds. The number of aromatic nitrogens is 1. The van der Waals surface area contributed by atoms with Crippen LogP contribution in [0.4, 0.5) is 0 Å². The summed E-state index contributed by atoms with van der Waals surface area (Å²) in [5.41, 5.74) is 3.45. The van der Waals surface area contributed by atoms with Crippen LogP contribution in [0.2, 0.25) is 0 Å². The van der Waals surface area contributed by atoms with Crippen molar-refractivity contribution >= 4 is 21.8 Å². The SMILES string of the molecule is COc1ccc2c([nH]c3ccc(C(C)C)cc32)c1OC. The quantitative estimate of drug-likeness (QED) is 0.761. The number of benzene rings is 2. The number of hydrogen-bond donors (Lipinski definition) is 1. The number of aromatic amines is 1. The van der Waals surface area contributed by atoms with Gasteiger partial charge in [-0.2, -0.15) is 0 Å². The van der Waals surface area contributed by atoms with Crippen LogP contribution in [-0.4, -0.2) is 19.2 Å². The minimum absolute atomic E-state index is 0.518. The van der Waals surface area contributed by atoms with Crippen LogP contribution in [0.25, 0.3) is 21.8 Å². The number of methoxy groups -OCH3 is 2. The fourth-order valence-electron chi connectivity index (χ4n) is 2.66. The molecule has 0 aliphatic carbocycles. The average molecular weight is 269 g/mol. The van der Waals surface area contributed by atoms with E-state index in [1.807, 2.05) is 6.07 Å². The average Bonchev–Trinajstić information content (AvgIpc) is 2.83. The molecule has 20 heavy (non-hydrogen) atoms. The van der Waals surface area contributed by atoms with Crippen LogP contribution < -0.4 is 9.47 Å². The van der Waals surface area contributed by atoms with Crippen molar-refractivity contribution in [3.63, 3.8) is 0 Å². The van der Waals surface area contributed by atoms with E-state index in [-0.39, 0.29) is 0 Å². The van der Waals surface area contributed by atoms with Gasteiger partial charge in [-0.05, 0) is 35.7 Å². The standard InChI is InChI=1S/C17H19NO2/c1-10(2)11-5-7-14-13(9-11)12-6-8-15(19-3)17(20-4)16(12)18-14/h5-10,18H,1-4H3. The van der Waals surface area contributed by atoms with E-state index >= 15 is 0 Å². The Morgan fingerprint density at radius 1 is 0.950 bits per heavy atom. The largest absolute Gasteiger partial charge is 0.493 e. The zero-order valence-corrected chi connectivity index (χ0v) is 12.3. The fraction of sp³-hybridized carbons (Fsp3) is 0.294. The molecule has 1 heterocycles. The van der Waals surface area contributed by atoms with Crippen molar-refractivity contribution < 1.29 is 9.47 Å². The molecule has 1 aromatic heterocycles. The second kappa shape index (κ2) is 4.75. The molecule has 1 N–H and O–H groups in total. The Labute approximate surface area is 118 Å². The molecule has 0 unspecified atom stereocenters. The number of rotatable bonds is 3. The van der Waals surface area contributed by atoms with Crippen molar-refractivity contribution in [2.24, 2.45) is 0 Å². The minimum atomic E-state index is 0.518. The number of hydrogen-bond acceptors (Lipinski definition) is 2. The second-order valence-electron chi connectivity index (χ2n) is 5.31. The van der Waals surface area contributed by atoms with Crippen LogP contribution in [0.15, 0.2) is 30.3 Å². The summed E-state index contributed by atoms with van der Waals surface area (Å²) in [7, 11) is 3.32. The molecule has 2 aromatic carbocycles. The molecule has 0 aliphatic rings. The first-order valence-corrected chi connectivity index (χ1v) is 6.82. The van der Waals surface area contributed by atoms with Gasteiger partial charge < -0.3 is 14.5 Å². The molecule has 0 radical (unpaired) electrons. The minimum Gasteiger partial charge on any atom is -0.493 e. The maximum Gasteiger partial charge on any atom is 0.184 e. The van der Waals surface area contributed by atoms with E-state index in [0.717, 1.165) is 22.5 Å². The summed E-state index contributed by atoms with van der Waals surface area (Å²) in [4.78, 5) is 3.43. The molecule has 0 bridgehead atoms. The van der Waals surface area contributed by atoms with Gasteiger partial charge in [0, 0.05) is 16.3 Å². The lowest BCUT2D eigenvalue weighted by Gasteiger charge is -2.08. The van der Waals surface area contributed by atoms with Crippen molar-refractivity contribution in [2.75, 3.05) is 14.2 Å². The molecule has 0 atom stereocenters. The maximum absolute atomic E-state index is 5.50. The Morgan fingerprint density at radius 2 is 1.75 bits per heavy atom. The molecule has 3 nitrogen and oxygen atoms in total. The monoisotopic (exact) mass is 269 g/mol. The van der Waals surface area contributed by atoms with Crippen LogP contribution in [0.5, 0.6) is 11.5 Å². The topological polar surface area (TPSA) is 34.2 Å². The first-order valence-electron chi connectivity index (χ1n) is 6.82.